The van der Waals surface area contributed by atoms with Crippen molar-refractivity contribution in [2.75, 3.05) is 0 Å². The average molecular weight is 236 g/mol. The smallest absolute Gasteiger partial charge is 0.266 e. The van der Waals surface area contributed by atoms with Crippen LogP contribution in [-0.2, 0) is 13.7 Å². The molecule has 5 heteroatoms. The summed E-state index contributed by atoms with van der Waals surface area (Å²) in [4.78, 5) is 12.3. The minimum absolute atomic E-state index is 0.139. The second-order valence-corrected chi connectivity index (χ2v) is 4.45. The second kappa shape index (κ2) is 4.49. The molecule has 0 aliphatic rings. The molecule has 0 amide bonds. The van der Waals surface area contributed by atoms with Gasteiger partial charge in [-0.05, 0) is 23.9 Å². The molecule has 4 nitrogen and oxygen atoms in total. The van der Waals surface area contributed by atoms with Crippen LogP contribution in [0.1, 0.15) is 10.4 Å². The monoisotopic (exact) mass is 236 g/mol. The van der Waals surface area contributed by atoms with Crippen LogP contribution < -0.4 is 10.3 Å². The van der Waals surface area contributed by atoms with Crippen LogP contribution in [0.25, 0.3) is 0 Å². The van der Waals surface area contributed by atoms with Crippen LogP contribution in [0, 0.1) is 6.92 Å². The number of ether oxygens (including phenoxy) is 1. The first kappa shape index (κ1) is 10.9. The van der Waals surface area contributed by atoms with E-state index in [1.165, 1.54) is 21.2 Å². The highest BCUT2D eigenvalue weighted by Crippen LogP contribution is 2.17. The van der Waals surface area contributed by atoms with Crippen LogP contribution in [0.2, 0.25) is 0 Å². The summed E-state index contributed by atoms with van der Waals surface area (Å²) in [6.07, 6.45) is 0. The van der Waals surface area contributed by atoms with Crippen molar-refractivity contribution in [2.45, 2.75) is 13.5 Å². The van der Waals surface area contributed by atoms with Gasteiger partial charge in [0.05, 0.1) is 0 Å². The first-order chi connectivity index (χ1) is 7.66. The predicted octanol–water partition coefficient (Wildman–Crippen LogP) is 1.73. The molecule has 2 rings (SSSR count). The molecule has 16 heavy (non-hydrogen) atoms. The van der Waals surface area contributed by atoms with Gasteiger partial charge >= 0.3 is 0 Å². The number of aryl methyl sites for hydroxylation is 2. The molecule has 0 saturated heterocycles. The molecule has 0 radical (unpaired) electrons. The van der Waals surface area contributed by atoms with Crippen molar-refractivity contribution in [3.63, 3.8) is 0 Å². The number of aromatic nitrogens is 2. The lowest BCUT2D eigenvalue weighted by atomic mass is 10.3. The van der Waals surface area contributed by atoms with E-state index in [9.17, 15) is 4.79 Å². The third-order valence-electron chi connectivity index (χ3n) is 2.26. The van der Waals surface area contributed by atoms with E-state index in [0.29, 0.717) is 12.5 Å². The zero-order chi connectivity index (χ0) is 11.5. The molecule has 0 atom stereocenters. The van der Waals surface area contributed by atoms with Crippen LogP contribution in [0.15, 0.2) is 28.4 Å². The van der Waals surface area contributed by atoms with E-state index in [1.54, 1.807) is 24.5 Å². The van der Waals surface area contributed by atoms with Gasteiger partial charge < -0.3 is 4.74 Å². The van der Waals surface area contributed by atoms with Crippen molar-refractivity contribution < 1.29 is 4.74 Å². The molecule has 0 saturated carbocycles. The van der Waals surface area contributed by atoms with Crippen LogP contribution in [0.5, 0.6) is 5.88 Å². The fourth-order valence-electron chi connectivity index (χ4n) is 1.25. The van der Waals surface area contributed by atoms with Crippen LogP contribution in [0.4, 0.5) is 0 Å². The first-order valence-electron chi connectivity index (χ1n) is 4.87. The van der Waals surface area contributed by atoms with Crippen molar-refractivity contribution >= 4 is 11.3 Å². The lowest BCUT2D eigenvalue weighted by Gasteiger charge is -2.05. The van der Waals surface area contributed by atoms with Crippen molar-refractivity contribution in [2.24, 2.45) is 7.05 Å². The van der Waals surface area contributed by atoms with Gasteiger partial charge in [0.15, 0.2) is 0 Å². The highest BCUT2D eigenvalue weighted by atomic mass is 32.1. The van der Waals surface area contributed by atoms with Crippen molar-refractivity contribution in [1.29, 1.82) is 0 Å². The van der Waals surface area contributed by atoms with E-state index < -0.39 is 0 Å². The van der Waals surface area contributed by atoms with E-state index in [4.69, 9.17) is 4.74 Å². The number of nitrogens with zero attached hydrogens (tertiary/aromatic N) is 2. The van der Waals surface area contributed by atoms with Gasteiger partial charge in [0, 0.05) is 24.1 Å². The van der Waals surface area contributed by atoms with E-state index in [0.717, 1.165) is 0 Å². The molecule has 0 aliphatic carbocycles. The largest absolute Gasteiger partial charge is 0.471 e. The van der Waals surface area contributed by atoms with E-state index in [-0.39, 0.29) is 5.56 Å². The van der Waals surface area contributed by atoms with Gasteiger partial charge in [-0.2, -0.15) is 0 Å². The minimum atomic E-state index is -0.139. The Morgan fingerprint density at radius 1 is 1.44 bits per heavy atom. The van der Waals surface area contributed by atoms with Gasteiger partial charge in [0.25, 0.3) is 5.56 Å². The highest BCUT2D eigenvalue weighted by molar-refractivity contribution is 7.10. The lowest BCUT2D eigenvalue weighted by molar-refractivity contribution is 0.287. The summed E-state index contributed by atoms with van der Waals surface area (Å²) in [5, 5.41) is 6.02. The molecule has 2 heterocycles. The van der Waals surface area contributed by atoms with E-state index in [1.807, 2.05) is 12.3 Å². The van der Waals surface area contributed by atoms with Gasteiger partial charge in [-0.1, -0.05) is 0 Å². The molecule has 0 aliphatic heterocycles. The molecule has 0 aromatic carbocycles. The Labute approximate surface area is 97.1 Å². The Balaban J connectivity index is 2.08. The second-order valence-electron chi connectivity index (χ2n) is 3.45. The minimum Gasteiger partial charge on any atom is -0.471 e. The Bertz CT molecular complexity index is 545. The van der Waals surface area contributed by atoms with Gasteiger partial charge in [-0.15, -0.1) is 16.4 Å². The normalized spacial score (nSPS) is 10.4. The standard InChI is InChI=1S/C11H12N2O2S/c1-8-5-6-16-9(8)7-15-10-3-4-11(14)13(2)12-10/h3-6H,7H2,1-2H3. The summed E-state index contributed by atoms with van der Waals surface area (Å²) in [7, 11) is 1.60. The zero-order valence-electron chi connectivity index (χ0n) is 9.14. The average Bonchev–Trinajstić information content (AvgIpc) is 2.66. The lowest BCUT2D eigenvalue weighted by Crippen LogP contribution is -2.18. The Kier molecular flexibility index (Phi) is 3.05. The maximum Gasteiger partial charge on any atom is 0.266 e. The van der Waals surface area contributed by atoms with Crippen LogP contribution in [-0.4, -0.2) is 9.78 Å². The third kappa shape index (κ3) is 2.30. The molecule has 0 fully saturated rings. The summed E-state index contributed by atoms with van der Waals surface area (Å²) in [6.45, 7) is 2.54. The molecular formula is C11H12N2O2S. The molecule has 0 unspecified atom stereocenters. The Morgan fingerprint density at radius 2 is 2.25 bits per heavy atom. The molecule has 84 valence electrons. The maximum atomic E-state index is 11.1. The van der Waals surface area contributed by atoms with E-state index >= 15 is 0 Å². The molecule has 2 aromatic heterocycles. The Morgan fingerprint density at radius 3 is 2.88 bits per heavy atom. The molecule has 0 bridgehead atoms. The molecular weight excluding hydrogens is 224 g/mol. The fourth-order valence-corrected chi connectivity index (χ4v) is 2.07. The zero-order valence-corrected chi connectivity index (χ0v) is 9.95. The SMILES string of the molecule is Cc1ccsc1COc1ccc(=O)n(C)n1. The van der Waals surface area contributed by atoms with Gasteiger partial charge in [-0.3, -0.25) is 4.79 Å². The van der Waals surface area contributed by atoms with Crippen LogP contribution in [0.3, 0.4) is 0 Å². The van der Waals surface area contributed by atoms with Gasteiger partial charge in [0.2, 0.25) is 5.88 Å². The summed E-state index contributed by atoms with van der Waals surface area (Å²) in [5.74, 6) is 0.468. The summed E-state index contributed by atoms with van der Waals surface area (Å²) in [6, 6.07) is 5.09. The highest BCUT2D eigenvalue weighted by Gasteiger charge is 2.02. The van der Waals surface area contributed by atoms with Crippen LogP contribution >= 0.6 is 11.3 Å². The number of hydrogen-bond donors (Lipinski definition) is 0. The van der Waals surface area contributed by atoms with E-state index in [2.05, 4.69) is 11.2 Å². The molecule has 2 aromatic rings. The summed E-state index contributed by atoms with van der Waals surface area (Å²) >= 11 is 1.65. The molecule has 0 N–H and O–H groups in total. The maximum absolute atomic E-state index is 11.1. The van der Waals surface area contributed by atoms with Gasteiger partial charge in [-0.25, -0.2) is 4.68 Å². The van der Waals surface area contributed by atoms with Crippen molar-refractivity contribution in [3.05, 3.63) is 44.4 Å². The summed E-state index contributed by atoms with van der Waals surface area (Å²) in [5.41, 5.74) is 1.08. The van der Waals surface area contributed by atoms with Crippen molar-refractivity contribution in [1.82, 2.24) is 9.78 Å². The summed E-state index contributed by atoms with van der Waals surface area (Å²) < 4.78 is 6.77. The quantitative estimate of drug-likeness (QED) is 0.815. The number of hydrogen-bond acceptors (Lipinski definition) is 4. The first-order valence-corrected chi connectivity index (χ1v) is 5.75. The number of rotatable bonds is 3. The molecule has 0 spiro atoms. The topological polar surface area (TPSA) is 44.1 Å². The third-order valence-corrected chi connectivity index (χ3v) is 3.25. The fraction of sp³-hybridized carbons (Fsp3) is 0.273. The number of thiophene rings is 1. The Hall–Kier alpha value is -1.62. The van der Waals surface area contributed by atoms with Crippen molar-refractivity contribution in [3.8, 4) is 5.88 Å². The van der Waals surface area contributed by atoms with Gasteiger partial charge in [0.1, 0.15) is 6.61 Å². The predicted molar refractivity (Wildman–Crippen MR) is 62.9 cm³/mol.